The molecule has 0 N–H and O–H groups in total. The Morgan fingerprint density at radius 1 is 0.561 bits per heavy atom. The molecule has 0 aliphatic heterocycles. The van der Waals surface area contributed by atoms with Crippen LogP contribution in [0.1, 0.15) is 187 Å². The zero-order valence-corrected chi connectivity index (χ0v) is 38.2. The highest BCUT2D eigenvalue weighted by Gasteiger charge is 2.21. The Hall–Kier alpha value is -2.03. The van der Waals surface area contributed by atoms with E-state index in [9.17, 15) is 19.0 Å². The first-order valence-electron chi connectivity index (χ1n) is 22.8. The summed E-state index contributed by atoms with van der Waals surface area (Å²) in [5, 5.41) is 0. The standard InChI is InChI=1S/C47H86NO8P/c1-6-8-10-12-14-16-18-20-22-23-24-26-27-29-31-33-35-37-39-46(49)53-43-45(44-55-57(51,52)54-42-41-48(3,4)5)56-47(50)40-38-36-34-32-30-28-25-21-19-17-15-13-11-9-7-2/h9,11,15,17,21,25,30,32,45H,6-8,10,12-14,16,18-20,22-24,26-29,31,33-44H2,1-5H3/b11-9-,17-15-,25-21-,32-30-. The SMILES string of the molecule is CC/C=C\C/C=C\C/C=C\C/C=C\CCCCC(=O)OC(COC(=O)CCCCCCCCCCCCCCCCCCCC)COP(=O)([O-])OCC[N+](C)(C)C. The third-order valence-corrected chi connectivity index (χ3v) is 10.6. The molecule has 0 saturated heterocycles. The number of hydrogen-bond acceptors (Lipinski definition) is 8. The molecule has 2 unspecified atom stereocenters. The molecule has 0 heterocycles. The van der Waals surface area contributed by atoms with E-state index in [1.165, 1.54) is 96.3 Å². The molecular weight excluding hydrogens is 737 g/mol. The summed E-state index contributed by atoms with van der Waals surface area (Å²) >= 11 is 0. The van der Waals surface area contributed by atoms with Gasteiger partial charge in [-0.15, -0.1) is 0 Å². The van der Waals surface area contributed by atoms with Crippen LogP contribution >= 0.6 is 7.82 Å². The van der Waals surface area contributed by atoms with Gasteiger partial charge in [0.1, 0.15) is 19.8 Å². The average Bonchev–Trinajstić information content (AvgIpc) is 3.16. The van der Waals surface area contributed by atoms with E-state index in [0.717, 1.165) is 57.8 Å². The second kappa shape index (κ2) is 39.4. The average molecular weight is 824 g/mol. The maximum Gasteiger partial charge on any atom is 0.306 e. The number of hydrogen-bond donors (Lipinski definition) is 0. The minimum absolute atomic E-state index is 0.0393. The van der Waals surface area contributed by atoms with E-state index < -0.39 is 32.5 Å². The normalized spacial score (nSPS) is 14.0. The van der Waals surface area contributed by atoms with Gasteiger partial charge in [-0.05, 0) is 51.4 Å². The predicted octanol–water partition coefficient (Wildman–Crippen LogP) is 12.4. The van der Waals surface area contributed by atoms with Crippen LogP contribution in [0.15, 0.2) is 48.6 Å². The van der Waals surface area contributed by atoms with E-state index in [4.69, 9.17) is 18.5 Å². The molecule has 9 nitrogen and oxygen atoms in total. The fourth-order valence-electron chi connectivity index (χ4n) is 6.06. The summed E-state index contributed by atoms with van der Waals surface area (Å²) in [6.45, 7) is 4.07. The lowest BCUT2D eigenvalue weighted by Crippen LogP contribution is -2.37. The second-order valence-corrected chi connectivity index (χ2v) is 17.8. The third kappa shape index (κ3) is 43.4. The fraction of sp³-hybridized carbons (Fsp3) is 0.787. The highest BCUT2D eigenvalue weighted by atomic mass is 31.2. The first-order valence-corrected chi connectivity index (χ1v) is 24.3. The van der Waals surface area contributed by atoms with Crippen molar-refractivity contribution in [3.05, 3.63) is 48.6 Å². The monoisotopic (exact) mass is 824 g/mol. The number of rotatable bonds is 41. The maximum atomic E-state index is 12.7. The Morgan fingerprint density at radius 2 is 1.00 bits per heavy atom. The van der Waals surface area contributed by atoms with Gasteiger partial charge in [-0.2, -0.15) is 0 Å². The first-order chi connectivity index (χ1) is 27.5. The van der Waals surface area contributed by atoms with Crippen LogP contribution in [-0.4, -0.2) is 70.0 Å². The maximum absolute atomic E-state index is 12.7. The highest BCUT2D eigenvalue weighted by molar-refractivity contribution is 7.45. The number of phosphoric acid groups is 1. The smallest absolute Gasteiger partial charge is 0.306 e. The Labute approximate surface area is 350 Å². The molecule has 0 aliphatic rings. The molecule has 0 bridgehead atoms. The third-order valence-electron chi connectivity index (χ3n) is 9.61. The lowest BCUT2D eigenvalue weighted by Gasteiger charge is -2.28. The predicted molar refractivity (Wildman–Crippen MR) is 236 cm³/mol. The van der Waals surface area contributed by atoms with Gasteiger partial charge >= 0.3 is 11.9 Å². The number of unbranched alkanes of at least 4 members (excludes halogenated alkanes) is 19. The highest BCUT2D eigenvalue weighted by Crippen LogP contribution is 2.38. The van der Waals surface area contributed by atoms with Crippen molar-refractivity contribution in [2.24, 2.45) is 0 Å². The zero-order chi connectivity index (χ0) is 42.1. The molecular formula is C47H86NO8P. The van der Waals surface area contributed by atoms with Crippen LogP contribution in [0.5, 0.6) is 0 Å². The molecule has 0 saturated carbocycles. The van der Waals surface area contributed by atoms with Crippen LogP contribution in [0.2, 0.25) is 0 Å². The number of quaternary nitrogens is 1. The van der Waals surface area contributed by atoms with Gasteiger partial charge in [0.25, 0.3) is 7.82 Å². The lowest BCUT2D eigenvalue weighted by molar-refractivity contribution is -0.870. The van der Waals surface area contributed by atoms with Crippen molar-refractivity contribution >= 4 is 19.8 Å². The summed E-state index contributed by atoms with van der Waals surface area (Å²) in [5.74, 6) is -0.880. The van der Waals surface area contributed by atoms with Crippen molar-refractivity contribution in [2.75, 3.05) is 47.5 Å². The van der Waals surface area contributed by atoms with Gasteiger partial charge in [-0.1, -0.05) is 172 Å². The van der Waals surface area contributed by atoms with Crippen molar-refractivity contribution in [1.29, 1.82) is 0 Å². The Kier molecular flexibility index (Phi) is 38.0. The van der Waals surface area contributed by atoms with Crippen molar-refractivity contribution in [2.45, 2.75) is 193 Å². The van der Waals surface area contributed by atoms with Gasteiger partial charge in [0, 0.05) is 12.8 Å². The largest absolute Gasteiger partial charge is 0.756 e. The molecule has 0 aliphatic carbocycles. The van der Waals surface area contributed by atoms with E-state index in [1.807, 2.05) is 21.1 Å². The molecule has 0 aromatic heterocycles. The van der Waals surface area contributed by atoms with Gasteiger partial charge in [0.15, 0.2) is 6.10 Å². The molecule has 0 fully saturated rings. The molecule has 57 heavy (non-hydrogen) atoms. The Balaban J connectivity index is 4.36. The number of esters is 2. The van der Waals surface area contributed by atoms with Crippen molar-refractivity contribution in [1.82, 2.24) is 0 Å². The molecule has 0 radical (unpaired) electrons. The molecule has 0 aromatic carbocycles. The van der Waals surface area contributed by atoms with E-state index in [2.05, 4.69) is 62.5 Å². The summed E-state index contributed by atoms with van der Waals surface area (Å²) in [6.07, 6.45) is 45.7. The van der Waals surface area contributed by atoms with Crippen LogP contribution < -0.4 is 4.89 Å². The number of allylic oxidation sites excluding steroid dienone is 8. The van der Waals surface area contributed by atoms with Crippen LogP contribution in [0.3, 0.4) is 0 Å². The number of carbonyl (C=O) groups excluding carboxylic acids is 2. The van der Waals surface area contributed by atoms with Crippen molar-refractivity contribution < 1.29 is 42.1 Å². The molecule has 0 spiro atoms. The Morgan fingerprint density at radius 3 is 1.49 bits per heavy atom. The van der Waals surface area contributed by atoms with E-state index in [1.54, 1.807) is 0 Å². The van der Waals surface area contributed by atoms with Gasteiger partial charge < -0.3 is 27.9 Å². The number of phosphoric ester groups is 1. The van der Waals surface area contributed by atoms with Gasteiger partial charge in [-0.25, -0.2) is 0 Å². The molecule has 2 atom stereocenters. The molecule has 0 aromatic rings. The number of likely N-dealkylation sites (N-methyl/N-ethyl adjacent to an activating group) is 1. The molecule has 332 valence electrons. The summed E-state index contributed by atoms with van der Waals surface area (Å²) < 4.78 is 33.9. The lowest BCUT2D eigenvalue weighted by atomic mass is 10.0. The van der Waals surface area contributed by atoms with E-state index >= 15 is 0 Å². The van der Waals surface area contributed by atoms with Crippen molar-refractivity contribution in [3.63, 3.8) is 0 Å². The zero-order valence-electron chi connectivity index (χ0n) is 37.3. The summed E-state index contributed by atoms with van der Waals surface area (Å²) in [5.41, 5.74) is 0. The minimum atomic E-state index is -4.64. The van der Waals surface area contributed by atoms with Gasteiger partial charge in [0.2, 0.25) is 0 Å². The molecule has 0 rings (SSSR count). The van der Waals surface area contributed by atoms with Gasteiger partial charge in [-0.3, -0.25) is 14.2 Å². The fourth-order valence-corrected chi connectivity index (χ4v) is 6.79. The molecule has 0 amide bonds. The van der Waals surface area contributed by atoms with E-state index in [-0.39, 0.29) is 26.1 Å². The van der Waals surface area contributed by atoms with E-state index in [0.29, 0.717) is 17.4 Å². The first kappa shape index (κ1) is 55.0. The number of ether oxygens (including phenoxy) is 2. The van der Waals surface area contributed by atoms with Crippen LogP contribution in [0.25, 0.3) is 0 Å². The second-order valence-electron chi connectivity index (χ2n) is 16.4. The van der Waals surface area contributed by atoms with Crippen LogP contribution in [0, 0.1) is 0 Å². The number of nitrogens with zero attached hydrogens (tertiary/aromatic N) is 1. The topological polar surface area (TPSA) is 111 Å². The quantitative estimate of drug-likeness (QED) is 0.0197. The summed E-state index contributed by atoms with van der Waals surface area (Å²) in [6, 6.07) is 0. The van der Waals surface area contributed by atoms with Crippen LogP contribution in [0.4, 0.5) is 0 Å². The Bertz CT molecular complexity index is 1110. The van der Waals surface area contributed by atoms with Gasteiger partial charge in [0.05, 0.1) is 27.7 Å². The summed E-state index contributed by atoms with van der Waals surface area (Å²) in [4.78, 5) is 37.5. The minimum Gasteiger partial charge on any atom is -0.756 e. The summed E-state index contributed by atoms with van der Waals surface area (Å²) in [7, 11) is 1.14. The number of carbonyl (C=O) groups is 2. The van der Waals surface area contributed by atoms with Crippen molar-refractivity contribution in [3.8, 4) is 0 Å². The van der Waals surface area contributed by atoms with Crippen LogP contribution in [-0.2, 0) is 32.7 Å². The molecule has 10 heteroatoms.